The first-order chi connectivity index (χ1) is 6.10. The normalized spacial score (nSPS) is 12.5. The fraction of sp³-hybridized carbons (Fsp3) is 0.909. The molecule has 0 radical (unpaired) electrons. The van der Waals surface area contributed by atoms with Crippen molar-refractivity contribution in [3.05, 3.63) is 0 Å². The Balaban J connectivity index is 4.84. The molecular formula is C11H24N2O. The molecule has 0 spiro atoms. The maximum atomic E-state index is 11.9. The number of urea groups is 1. The molecule has 1 N–H and O–H groups in total. The summed E-state index contributed by atoms with van der Waals surface area (Å²) in [6.45, 7) is 14.9. The third-order valence-electron chi connectivity index (χ3n) is 1.87. The second-order valence-corrected chi connectivity index (χ2v) is 5.51. The van der Waals surface area contributed by atoms with Gasteiger partial charge in [0.25, 0.3) is 0 Å². The smallest absolute Gasteiger partial charge is 0.318 e. The first-order valence-corrected chi connectivity index (χ1v) is 5.19. The first-order valence-electron chi connectivity index (χ1n) is 5.19. The molecule has 84 valence electrons. The van der Waals surface area contributed by atoms with Crippen LogP contribution in [0.1, 0.15) is 48.5 Å². The fourth-order valence-electron chi connectivity index (χ4n) is 1.85. The molecular weight excluding hydrogens is 176 g/mol. The standard InChI is InChI=1S/C11H24N2O/c1-8-12-9(14)13(10(2,3)4)11(5,6)7/h8H2,1-7H3,(H,12,14). The van der Waals surface area contributed by atoms with Gasteiger partial charge in [-0.05, 0) is 48.5 Å². The van der Waals surface area contributed by atoms with E-state index in [1.807, 2.05) is 53.4 Å². The molecule has 0 rings (SSSR count). The first kappa shape index (κ1) is 13.3. The molecule has 0 aliphatic rings. The summed E-state index contributed by atoms with van der Waals surface area (Å²) in [5, 5.41) is 2.85. The Morgan fingerprint density at radius 3 is 1.64 bits per heavy atom. The van der Waals surface area contributed by atoms with Gasteiger partial charge in [-0.15, -0.1) is 0 Å². The van der Waals surface area contributed by atoms with Crippen molar-refractivity contribution >= 4 is 6.03 Å². The Labute approximate surface area is 87.9 Å². The summed E-state index contributed by atoms with van der Waals surface area (Å²) < 4.78 is 0. The van der Waals surface area contributed by atoms with Crippen molar-refractivity contribution in [2.75, 3.05) is 6.54 Å². The maximum Gasteiger partial charge on any atom is 0.318 e. The lowest BCUT2D eigenvalue weighted by molar-refractivity contribution is 0.0743. The van der Waals surface area contributed by atoms with Crippen molar-refractivity contribution < 1.29 is 4.79 Å². The molecule has 0 bridgehead atoms. The number of amides is 2. The molecule has 0 aromatic heterocycles. The minimum absolute atomic E-state index is 0.00694. The second-order valence-electron chi connectivity index (χ2n) is 5.51. The summed E-state index contributed by atoms with van der Waals surface area (Å²) in [4.78, 5) is 13.7. The number of hydrogen-bond donors (Lipinski definition) is 1. The Morgan fingerprint density at radius 1 is 1.07 bits per heavy atom. The van der Waals surface area contributed by atoms with E-state index in [0.717, 1.165) is 0 Å². The summed E-state index contributed by atoms with van der Waals surface area (Å²) in [5.41, 5.74) is -0.311. The van der Waals surface area contributed by atoms with Gasteiger partial charge in [0, 0.05) is 17.6 Å². The number of hydrogen-bond acceptors (Lipinski definition) is 1. The number of nitrogens with one attached hydrogen (secondary N) is 1. The molecule has 0 saturated carbocycles. The van der Waals surface area contributed by atoms with Crippen LogP contribution in [0.4, 0.5) is 4.79 Å². The quantitative estimate of drug-likeness (QED) is 0.693. The molecule has 0 saturated heterocycles. The largest absolute Gasteiger partial charge is 0.338 e. The summed E-state index contributed by atoms with van der Waals surface area (Å²) in [7, 11) is 0. The van der Waals surface area contributed by atoms with Gasteiger partial charge in [0.15, 0.2) is 0 Å². The van der Waals surface area contributed by atoms with Gasteiger partial charge in [-0.25, -0.2) is 4.79 Å². The zero-order chi connectivity index (χ0) is 11.6. The lowest BCUT2D eigenvalue weighted by atomic mass is 9.97. The predicted octanol–water partition coefficient (Wildman–Crippen LogP) is 2.61. The van der Waals surface area contributed by atoms with Crippen LogP contribution in [-0.2, 0) is 0 Å². The lowest BCUT2D eigenvalue weighted by Gasteiger charge is -2.45. The Kier molecular flexibility index (Phi) is 3.98. The van der Waals surface area contributed by atoms with Crippen molar-refractivity contribution in [2.24, 2.45) is 0 Å². The van der Waals surface area contributed by atoms with E-state index in [1.54, 1.807) is 0 Å². The third-order valence-corrected chi connectivity index (χ3v) is 1.87. The summed E-state index contributed by atoms with van der Waals surface area (Å²) in [5.74, 6) is 0. The summed E-state index contributed by atoms with van der Waals surface area (Å²) >= 11 is 0. The highest BCUT2D eigenvalue weighted by Crippen LogP contribution is 2.24. The monoisotopic (exact) mass is 200 g/mol. The van der Waals surface area contributed by atoms with Crippen LogP contribution >= 0.6 is 0 Å². The van der Waals surface area contributed by atoms with Crippen LogP contribution in [0, 0.1) is 0 Å². The summed E-state index contributed by atoms with van der Waals surface area (Å²) in [6, 6.07) is 0.00694. The van der Waals surface area contributed by atoms with Crippen molar-refractivity contribution in [3.63, 3.8) is 0 Å². The highest BCUT2D eigenvalue weighted by Gasteiger charge is 2.35. The molecule has 3 nitrogen and oxygen atoms in total. The van der Waals surface area contributed by atoms with Gasteiger partial charge in [-0.3, -0.25) is 0 Å². The van der Waals surface area contributed by atoms with Crippen LogP contribution in [0.5, 0.6) is 0 Å². The predicted molar refractivity (Wildman–Crippen MR) is 60.4 cm³/mol. The Hall–Kier alpha value is -0.730. The zero-order valence-corrected chi connectivity index (χ0v) is 10.6. The van der Waals surface area contributed by atoms with E-state index >= 15 is 0 Å². The van der Waals surface area contributed by atoms with Gasteiger partial charge in [-0.1, -0.05) is 0 Å². The van der Waals surface area contributed by atoms with Crippen LogP contribution in [0.15, 0.2) is 0 Å². The van der Waals surface area contributed by atoms with Gasteiger partial charge < -0.3 is 10.2 Å². The van der Waals surface area contributed by atoms with E-state index in [4.69, 9.17) is 0 Å². The molecule has 0 aromatic carbocycles. The number of rotatable bonds is 1. The number of carbonyl (C=O) groups is 1. The highest BCUT2D eigenvalue weighted by molar-refractivity contribution is 5.75. The highest BCUT2D eigenvalue weighted by atomic mass is 16.2. The van der Waals surface area contributed by atoms with Crippen molar-refractivity contribution in [1.82, 2.24) is 10.2 Å². The van der Waals surface area contributed by atoms with Gasteiger partial charge >= 0.3 is 6.03 Å². The lowest BCUT2D eigenvalue weighted by Crippen LogP contribution is -2.58. The van der Waals surface area contributed by atoms with Gasteiger partial charge in [0.2, 0.25) is 0 Å². The van der Waals surface area contributed by atoms with Gasteiger partial charge in [-0.2, -0.15) is 0 Å². The van der Waals surface area contributed by atoms with E-state index in [0.29, 0.717) is 6.54 Å². The van der Waals surface area contributed by atoms with Crippen molar-refractivity contribution in [1.29, 1.82) is 0 Å². The second kappa shape index (κ2) is 4.20. The van der Waals surface area contributed by atoms with Crippen LogP contribution in [0.25, 0.3) is 0 Å². The van der Waals surface area contributed by atoms with E-state index < -0.39 is 0 Å². The molecule has 0 unspecified atom stereocenters. The van der Waals surface area contributed by atoms with Gasteiger partial charge in [0.1, 0.15) is 0 Å². The molecule has 2 amide bonds. The van der Waals surface area contributed by atoms with E-state index in [2.05, 4.69) is 5.32 Å². The van der Waals surface area contributed by atoms with E-state index in [-0.39, 0.29) is 17.1 Å². The topological polar surface area (TPSA) is 32.3 Å². The average molecular weight is 200 g/mol. The van der Waals surface area contributed by atoms with Gasteiger partial charge in [0.05, 0.1) is 0 Å². The van der Waals surface area contributed by atoms with Crippen molar-refractivity contribution in [2.45, 2.75) is 59.5 Å². The number of nitrogens with zero attached hydrogens (tertiary/aromatic N) is 1. The van der Waals surface area contributed by atoms with E-state index in [1.165, 1.54) is 0 Å². The SMILES string of the molecule is CCNC(=O)N(C(C)(C)C)C(C)(C)C. The Morgan fingerprint density at radius 2 is 1.43 bits per heavy atom. The average Bonchev–Trinajstić information content (AvgIpc) is 1.78. The maximum absolute atomic E-state index is 11.9. The van der Waals surface area contributed by atoms with Crippen LogP contribution < -0.4 is 5.32 Å². The Bertz CT molecular complexity index is 184. The molecule has 0 aliphatic heterocycles. The molecule has 0 atom stereocenters. The molecule has 14 heavy (non-hydrogen) atoms. The minimum atomic E-state index is -0.155. The van der Waals surface area contributed by atoms with Crippen LogP contribution in [0.3, 0.4) is 0 Å². The zero-order valence-electron chi connectivity index (χ0n) is 10.6. The third kappa shape index (κ3) is 3.56. The molecule has 0 aliphatic carbocycles. The van der Waals surface area contributed by atoms with E-state index in [9.17, 15) is 4.79 Å². The number of carbonyl (C=O) groups excluding carboxylic acids is 1. The molecule has 3 heteroatoms. The fourth-order valence-corrected chi connectivity index (χ4v) is 1.85. The van der Waals surface area contributed by atoms with Crippen LogP contribution in [-0.4, -0.2) is 28.6 Å². The van der Waals surface area contributed by atoms with Crippen LogP contribution in [0.2, 0.25) is 0 Å². The van der Waals surface area contributed by atoms with Crippen molar-refractivity contribution in [3.8, 4) is 0 Å². The molecule has 0 fully saturated rings. The summed E-state index contributed by atoms with van der Waals surface area (Å²) in [6.07, 6.45) is 0. The molecule has 0 heterocycles. The minimum Gasteiger partial charge on any atom is -0.338 e. The molecule has 0 aromatic rings.